The van der Waals surface area contributed by atoms with Gasteiger partial charge >= 0.3 is 0 Å². The van der Waals surface area contributed by atoms with Crippen molar-refractivity contribution >= 4 is 11.3 Å². The average molecular weight is 236 g/mol. The highest BCUT2D eigenvalue weighted by Crippen LogP contribution is 2.30. The number of aromatic nitrogens is 1. The smallest absolute Gasteiger partial charge is 0.0898 e. The van der Waals surface area contributed by atoms with Crippen molar-refractivity contribution in [3.05, 3.63) is 27.7 Å². The summed E-state index contributed by atoms with van der Waals surface area (Å²) in [6.07, 6.45) is 7.55. The Morgan fingerprint density at radius 1 is 1.50 bits per heavy atom. The number of hydrogen-bond acceptors (Lipinski definition) is 3. The Kier molecular flexibility index (Phi) is 4.13. The lowest BCUT2D eigenvalue weighted by molar-refractivity contribution is 0.555. The Morgan fingerprint density at radius 2 is 2.38 bits per heavy atom. The molecule has 3 heteroatoms. The van der Waals surface area contributed by atoms with Gasteiger partial charge in [0.1, 0.15) is 0 Å². The van der Waals surface area contributed by atoms with Crippen molar-refractivity contribution in [3.63, 3.8) is 0 Å². The van der Waals surface area contributed by atoms with Crippen LogP contribution in [0.25, 0.3) is 0 Å². The van der Waals surface area contributed by atoms with Crippen molar-refractivity contribution in [2.24, 2.45) is 0 Å². The third-order valence-corrected chi connectivity index (χ3v) is 3.83. The van der Waals surface area contributed by atoms with E-state index in [1.54, 1.807) is 16.9 Å². The summed E-state index contributed by atoms with van der Waals surface area (Å²) < 4.78 is 0. The highest BCUT2D eigenvalue weighted by Gasteiger charge is 2.19. The highest BCUT2D eigenvalue weighted by molar-refractivity contribution is 7.09. The van der Waals surface area contributed by atoms with Crippen LogP contribution >= 0.6 is 11.3 Å². The zero-order valence-electron chi connectivity index (χ0n) is 10.1. The molecule has 0 bridgehead atoms. The summed E-state index contributed by atoms with van der Waals surface area (Å²) in [5, 5.41) is 6.91. The number of nitrogens with one attached hydrogen (secondary N) is 1. The van der Waals surface area contributed by atoms with Gasteiger partial charge in [-0.2, -0.15) is 0 Å². The molecule has 0 aliphatic heterocycles. The first kappa shape index (κ1) is 11.8. The summed E-state index contributed by atoms with van der Waals surface area (Å²) in [7, 11) is 0. The second-order valence-electron chi connectivity index (χ2n) is 4.31. The Bertz CT molecular complexity index is 368. The third-order valence-electron chi connectivity index (χ3n) is 3.04. The van der Waals surface area contributed by atoms with Gasteiger partial charge in [0.15, 0.2) is 0 Å². The van der Waals surface area contributed by atoms with Gasteiger partial charge < -0.3 is 5.32 Å². The highest BCUT2D eigenvalue weighted by atomic mass is 32.1. The van der Waals surface area contributed by atoms with E-state index >= 15 is 0 Å². The molecule has 88 valence electrons. The molecule has 1 aliphatic rings. The van der Waals surface area contributed by atoms with Crippen molar-refractivity contribution in [1.82, 2.24) is 10.3 Å². The van der Waals surface area contributed by atoms with Crippen LogP contribution in [0.5, 0.6) is 0 Å². The van der Waals surface area contributed by atoms with Gasteiger partial charge in [-0.05, 0) is 39.2 Å². The fourth-order valence-electron chi connectivity index (χ4n) is 2.27. The largest absolute Gasteiger partial charge is 0.305 e. The van der Waals surface area contributed by atoms with Gasteiger partial charge in [0.2, 0.25) is 0 Å². The summed E-state index contributed by atoms with van der Waals surface area (Å²) >= 11 is 1.74. The first-order chi connectivity index (χ1) is 7.81. The SMILES string of the molecule is CCNC(C1=CCCCC1)c1csc(C)n1. The summed E-state index contributed by atoms with van der Waals surface area (Å²) in [4.78, 5) is 4.62. The van der Waals surface area contributed by atoms with Crippen molar-refractivity contribution in [3.8, 4) is 0 Å². The molecule has 0 radical (unpaired) electrons. The summed E-state index contributed by atoms with van der Waals surface area (Å²) in [5.41, 5.74) is 2.75. The van der Waals surface area contributed by atoms with Crippen LogP contribution in [0.15, 0.2) is 17.0 Å². The standard InChI is InChI=1S/C13H20N2S/c1-3-14-13(11-7-5-4-6-8-11)12-9-16-10(2)15-12/h7,9,13-14H,3-6,8H2,1-2H3. The van der Waals surface area contributed by atoms with Gasteiger partial charge in [-0.3, -0.25) is 0 Å². The topological polar surface area (TPSA) is 24.9 Å². The van der Waals surface area contributed by atoms with Crippen molar-refractivity contribution in [1.29, 1.82) is 0 Å². The van der Waals surface area contributed by atoms with Gasteiger partial charge in [-0.25, -0.2) is 4.98 Å². The maximum atomic E-state index is 4.62. The molecule has 0 fully saturated rings. The van der Waals surface area contributed by atoms with Crippen molar-refractivity contribution in [2.45, 2.75) is 45.6 Å². The van der Waals surface area contributed by atoms with Crippen LogP contribution in [-0.2, 0) is 0 Å². The Hall–Kier alpha value is -0.670. The Morgan fingerprint density at radius 3 is 2.94 bits per heavy atom. The van der Waals surface area contributed by atoms with E-state index < -0.39 is 0 Å². The number of nitrogens with zero attached hydrogens (tertiary/aromatic N) is 1. The van der Waals surface area contributed by atoms with E-state index in [0.717, 1.165) is 11.6 Å². The second kappa shape index (κ2) is 5.60. The van der Waals surface area contributed by atoms with Crippen molar-refractivity contribution in [2.75, 3.05) is 6.54 Å². The van der Waals surface area contributed by atoms with Crippen LogP contribution in [0.1, 0.15) is 49.4 Å². The molecule has 1 aromatic heterocycles. The van der Waals surface area contributed by atoms with Gasteiger partial charge in [0.05, 0.1) is 16.7 Å². The van der Waals surface area contributed by atoms with E-state index in [0.29, 0.717) is 6.04 Å². The molecule has 0 amide bonds. The van der Waals surface area contributed by atoms with E-state index in [-0.39, 0.29) is 0 Å². The molecule has 1 atom stereocenters. The van der Waals surface area contributed by atoms with E-state index in [2.05, 4.69) is 35.6 Å². The maximum absolute atomic E-state index is 4.62. The number of allylic oxidation sites excluding steroid dienone is 1. The normalized spacial score (nSPS) is 18.2. The minimum Gasteiger partial charge on any atom is -0.305 e. The van der Waals surface area contributed by atoms with Gasteiger partial charge in [0.25, 0.3) is 0 Å². The lowest BCUT2D eigenvalue weighted by Crippen LogP contribution is -2.24. The predicted molar refractivity (Wildman–Crippen MR) is 69.8 cm³/mol. The van der Waals surface area contributed by atoms with Crippen molar-refractivity contribution < 1.29 is 0 Å². The van der Waals surface area contributed by atoms with E-state index in [9.17, 15) is 0 Å². The number of aryl methyl sites for hydroxylation is 1. The summed E-state index contributed by atoms with van der Waals surface area (Å²) in [6, 6.07) is 0.357. The van der Waals surface area contributed by atoms with Crippen LogP contribution in [0.3, 0.4) is 0 Å². The van der Waals surface area contributed by atoms with Crippen LogP contribution < -0.4 is 5.32 Å². The lowest BCUT2D eigenvalue weighted by Gasteiger charge is -2.22. The molecule has 16 heavy (non-hydrogen) atoms. The van der Waals surface area contributed by atoms with Crippen LogP contribution in [0.4, 0.5) is 0 Å². The first-order valence-corrected chi connectivity index (χ1v) is 7.03. The van der Waals surface area contributed by atoms with Crippen LogP contribution in [-0.4, -0.2) is 11.5 Å². The predicted octanol–water partition coefficient (Wildman–Crippen LogP) is 3.60. The fraction of sp³-hybridized carbons (Fsp3) is 0.615. The fourth-order valence-corrected chi connectivity index (χ4v) is 2.91. The van der Waals surface area contributed by atoms with Gasteiger partial charge in [-0.1, -0.05) is 18.6 Å². The molecule has 0 aromatic carbocycles. The second-order valence-corrected chi connectivity index (χ2v) is 5.37. The van der Waals surface area contributed by atoms with Crippen LogP contribution in [0, 0.1) is 6.92 Å². The quantitative estimate of drug-likeness (QED) is 0.808. The summed E-state index contributed by atoms with van der Waals surface area (Å²) in [5.74, 6) is 0. The molecule has 2 rings (SSSR count). The van der Waals surface area contributed by atoms with Crippen LogP contribution in [0.2, 0.25) is 0 Å². The number of hydrogen-bond donors (Lipinski definition) is 1. The summed E-state index contributed by atoms with van der Waals surface area (Å²) in [6.45, 7) is 5.24. The Labute approximate surface area is 102 Å². The van der Waals surface area contributed by atoms with E-state index in [4.69, 9.17) is 0 Å². The molecule has 0 spiro atoms. The molecule has 1 unspecified atom stereocenters. The minimum atomic E-state index is 0.357. The van der Waals surface area contributed by atoms with Gasteiger partial charge in [-0.15, -0.1) is 11.3 Å². The number of likely N-dealkylation sites (N-methyl/N-ethyl adjacent to an activating group) is 1. The Balaban J connectivity index is 2.19. The molecule has 1 aliphatic carbocycles. The zero-order valence-corrected chi connectivity index (χ0v) is 10.9. The van der Waals surface area contributed by atoms with E-state index in [1.165, 1.54) is 31.4 Å². The molecular weight excluding hydrogens is 216 g/mol. The maximum Gasteiger partial charge on any atom is 0.0898 e. The lowest BCUT2D eigenvalue weighted by atomic mass is 9.92. The molecular formula is C13H20N2S. The molecule has 0 saturated heterocycles. The molecule has 0 saturated carbocycles. The third kappa shape index (κ3) is 2.71. The average Bonchev–Trinajstić information content (AvgIpc) is 2.74. The van der Waals surface area contributed by atoms with Gasteiger partial charge in [0, 0.05) is 5.38 Å². The molecule has 1 N–H and O–H groups in total. The zero-order chi connectivity index (χ0) is 11.4. The first-order valence-electron chi connectivity index (χ1n) is 6.15. The molecule has 2 nitrogen and oxygen atoms in total. The minimum absolute atomic E-state index is 0.357. The number of thiazole rings is 1. The van der Waals surface area contributed by atoms with E-state index in [1.807, 2.05) is 0 Å². The monoisotopic (exact) mass is 236 g/mol. The molecule has 1 heterocycles. The molecule has 1 aromatic rings. The number of rotatable bonds is 4.